The molecule has 1 aromatic rings. The molecule has 1 unspecified atom stereocenters. The van der Waals surface area contributed by atoms with Crippen molar-refractivity contribution in [1.29, 1.82) is 0 Å². The van der Waals surface area contributed by atoms with Gasteiger partial charge in [-0.25, -0.2) is 0 Å². The lowest BCUT2D eigenvalue weighted by atomic mass is 10.0. The van der Waals surface area contributed by atoms with E-state index in [4.69, 9.17) is 18.5 Å². The second kappa shape index (κ2) is 13.6. The van der Waals surface area contributed by atoms with Crippen molar-refractivity contribution >= 4 is 15.2 Å². The molecule has 0 aliphatic rings. The molecule has 10 heteroatoms. The van der Waals surface area contributed by atoms with Gasteiger partial charge in [0.1, 0.15) is 11.5 Å². The fourth-order valence-corrected chi connectivity index (χ4v) is 5.67. The molecule has 0 radical (unpaired) electrons. The van der Waals surface area contributed by atoms with E-state index in [0.717, 1.165) is 25.7 Å². The molecule has 0 saturated carbocycles. The van der Waals surface area contributed by atoms with Crippen molar-refractivity contribution in [3.8, 4) is 11.5 Å². The van der Waals surface area contributed by atoms with Crippen molar-refractivity contribution in [3.05, 3.63) is 23.3 Å². The van der Waals surface area contributed by atoms with E-state index in [2.05, 4.69) is 13.8 Å². The van der Waals surface area contributed by atoms with Gasteiger partial charge in [0.25, 0.3) is 0 Å². The lowest BCUT2D eigenvalue weighted by Gasteiger charge is -2.22. The SMILES string of the molecule is CCCCC(CC)COc1cc(CP(=O)(OCC)OCC)c(OC)cc1CP(=O)(O)O. The highest BCUT2D eigenvalue weighted by atomic mass is 31.2. The van der Waals surface area contributed by atoms with E-state index in [1.165, 1.54) is 7.11 Å². The topological polar surface area (TPSA) is 112 Å². The Labute approximate surface area is 186 Å². The van der Waals surface area contributed by atoms with Crippen LogP contribution in [-0.2, 0) is 30.5 Å². The predicted molar refractivity (Wildman–Crippen MR) is 122 cm³/mol. The molecule has 0 bridgehead atoms. The lowest BCUT2D eigenvalue weighted by molar-refractivity contribution is 0.218. The molecule has 0 aromatic heterocycles. The van der Waals surface area contributed by atoms with Crippen LogP contribution in [0.4, 0.5) is 0 Å². The van der Waals surface area contributed by atoms with Crippen LogP contribution in [0.3, 0.4) is 0 Å². The zero-order valence-corrected chi connectivity index (χ0v) is 21.1. The number of ether oxygens (including phenoxy) is 2. The van der Waals surface area contributed by atoms with Gasteiger partial charge in [-0.2, -0.15) is 0 Å². The summed E-state index contributed by atoms with van der Waals surface area (Å²) in [6, 6.07) is 3.18. The van der Waals surface area contributed by atoms with Crippen LogP contribution in [0.15, 0.2) is 12.1 Å². The normalized spacial score (nSPS) is 13.3. The Balaban J connectivity index is 3.31. The van der Waals surface area contributed by atoms with E-state index >= 15 is 0 Å². The molecular formula is C21H38O8P2. The number of hydrogen-bond donors (Lipinski definition) is 2. The Morgan fingerprint density at radius 3 is 2.00 bits per heavy atom. The molecular weight excluding hydrogens is 442 g/mol. The number of unbranched alkanes of at least 4 members (excludes halogenated alkanes) is 1. The highest BCUT2D eigenvalue weighted by Gasteiger charge is 2.28. The van der Waals surface area contributed by atoms with Crippen LogP contribution in [0.1, 0.15) is 64.5 Å². The van der Waals surface area contributed by atoms with E-state index in [9.17, 15) is 18.9 Å². The van der Waals surface area contributed by atoms with Gasteiger partial charge < -0.3 is 28.3 Å². The monoisotopic (exact) mass is 480 g/mol. The molecule has 1 atom stereocenters. The van der Waals surface area contributed by atoms with Gasteiger partial charge >= 0.3 is 15.2 Å². The minimum absolute atomic E-state index is 0.0303. The van der Waals surface area contributed by atoms with E-state index in [-0.39, 0.29) is 19.4 Å². The molecule has 0 aliphatic heterocycles. The number of benzene rings is 1. The van der Waals surface area contributed by atoms with E-state index in [1.54, 1.807) is 26.0 Å². The maximum absolute atomic E-state index is 13.0. The first-order valence-electron chi connectivity index (χ1n) is 10.9. The van der Waals surface area contributed by atoms with Crippen molar-refractivity contribution in [2.45, 2.75) is 65.7 Å². The zero-order chi connectivity index (χ0) is 23.5. The molecule has 0 aliphatic carbocycles. The third kappa shape index (κ3) is 10.1. The second-order valence-electron chi connectivity index (χ2n) is 7.43. The largest absolute Gasteiger partial charge is 0.496 e. The van der Waals surface area contributed by atoms with Crippen molar-refractivity contribution in [2.24, 2.45) is 5.92 Å². The summed E-state index contributed by atoms with van der Waals surface area (Å²) in [5.41, 5.74) is 0.890. The van der Waals surface area contributed by atoms with Gasteiger partial charge in [-0.1, -0.05) is 33.1 Å². The highest BCUT2D eigenvalue weighted by molar-refractivity contribution is 7.53. The Hall–Kier alpha value is -0.880. The van der Waals surface area contributed by atoms with Gasteiger partial charge in [-0.3, -0.25) is 9.13 Å². The molecule has 2 N–H and O–H groups in total. The molecule has 0 saturated heterocycles. The standard InChI is InChI=1S/C21H38O8P2/c1-6-10-11-17(7-2)14-27-21-13-19(16-31(25,28-8-3)29-9-4)20(26-5)12-18(21)15-30(22,23)24/h12-13,17H,6-11,14-16H2,1-5H3,(H2,22,23,24). The number of hydrogen-bond acceptors (Lipinski definition) is 6. The van der Waals surface area contributed by atoms with Gasteiger partial charge in [-0.15, -0.1) is 0 Å². The van der Waals surface area contributed by atoms with E-state index in [0.29, 0.717) is 35.2 Å². The maximum atomic E-state index is 13.0. The lowest BCUT2D eigenvalue weighted by Crippen LogP contribution is -2.13. The summed E-state index contributed by atoms with van der Waals surface area (Å²) < 4.78 is 47.0. The van der Waals surface area contributed by atoms with Gasteiger partial charge in [0.2, 0.25) is 0 Å². The summed E-state index contributed by atoms with van der Waals surface area (Å²) in [6.45, 7) is 8.61. The van der Waals surface area contributed by atoms with Crippen molar-refractivity contribution in [3.63, 3.8) is 0 Å². The zero-order valence-electron chi connectivity index (χ0n) is 19.3. The summed E-state index contributed by atoms with van der Waals surface area (Å²) >= 11 is 0. The molecule has 31 heavy (non-hydrogen) atoms. The van der Waals surface area contributed by atoms with Crippen LogP contribution in [-0.4, -0.2) is 36.7 Å². The van der Waals surface area contributed by atoms with E-state index in [1.807, 2.05) is 0 Å². The first-order chi connectivity index (χ1) is 14.6. The maximum Gasteiger partial charge on any atom is 0.335 e. The van der Waals surface area contributed by atoms with Gasteiger partial charge in [0, 0.05) is 11.1 Å². The number of methoxy groups -OCH3 is 1. The molecule has 0 spiro atoms. The summed E-state index contributed by atoms with van der Waals surface area (Å²) in [5, 5.41) is 0. The smallest absolute Gasteiger partial charge is 0.335 e. The molecule has 1 rings (SSSR count). The summed E-state index contributed by atoms with van der Waals surface area (Å²) in [7, 11) is -6.29. The first kappa shape index (κ1) is 28.2. The van der Waals surface area contributed by atoms with Crippen molar-refractivity contribution < 1.29 is 37.4 Å². The summed E-state index contributed by atoms with van der Waals surface area (Å²) in [6.07, 6.45) is 3.65. The van der Waals surface area contributed by atoms with Crippen LogP contribution < -0.4 is 9.47 Å². The average molecular weight is 480 g/mol. The van der Waals surface area contributed by atoms with Crippen LogP contribution in [0.25, 0.3) is 0 Å². The van der Waals surface area contributed by atoms with Crippen molar-refractivity contribution in [2.75, 3.05) is 26.9 Å². The summed E-state index contributed by atoms with van der Waals surface area (Å²) in [4.78, 5) is 19.0. The molecule has 180 valence electrons. The minimum atomic E-state index is -4.33. The van der Waals surface area contributed by atoms with Crippen LogP contribution >= 0.6 is 15.2 Å². The van der Waals surface area contributed by atoms with Crippen molar-refractivity contribution in [1.82, 2.24) is 0 Å². The Morgan fingerprint density at radius 2 is 1.52 bits per heavy atom. The third-order valence-electron chi connectivity index (χ3n) is 4.87. The fourth-order valence-electron chi connectivity index (χ4n) is 3.27. The Bertz CT molecular complexity index is 752. The predicted octanol–water partition coefficient (Wildman–Crippen LogP) is 5.73. The van der Waals surface area contributed by atoms with Crippen LogP contribution in [0.2, 0.25) is 0 Å². The minimum Gasteiger partial charge on any atom is -0.496 e. The Kier molecular flexibility index (Phi) is 12.4. The van der Waals surface area contributed by atoms with Gasteiger partial charge in [0.05, 0.1) is 39.3 Å². The average Bonchev–Trinajstić information content (AvgIpc) is 2.68. The molecule has 0 fully saturated rings. The first-order valence-corrected chi connectivity index (χ1v) is 14.4. The van der Waals surface area contributed by atoms with E-state index < -0.39 is 21.4 Å². The molecule has 0 amide bonds. The third-order valence-corrected chi connectivity index (χ3v) is 7.66. The quantitative estimate of drug-likeness (QED) is 0.288. The van der Waals surface area contributed by atoms with Crippen LogP contribution in [0.5, 0.6) is 11.5 Å². The van der Waals surface area contributed by atoms with Gasteiger partial charge in [-0.05, 0) is 38.3 Å². The molecule has 0 heterocycles. The highest BCUT2D eigenvalue weighted by Crippen LogP contribution is 2.53. The summed E-state index contributed by atoms with van der Waals surface area (Å²) in [5.74, 6) is 1.05. The molecule has 8 nitrogen and oxygen atoms in total. The fraction of sp³-hybridized carbons (Fsp3) is 0.714. The Morgan fingerprint density at radius 1 is 0.935 bits per heavy atom. The number of rotatable bonds is 16. The van der Waals surface area contributed by atoms with Gasteiger partial charge in [0.15, 0.2) is 0 Å². The van der Waals surface area contributed by atoms with Crippen LogP contribution in [0, 0.1) is 5.92 Å². The second-order valence-corrected chi connectivity index (χ2v) is 11.1. The molecule has 1 aromatic carbocycles.